The van der Waals surface area contributed by atoms with Crippen molar-refractivity contribution in [3.8, 4) is 5.75 Å². The summed E-state index contributed by atoms with van der Waals surface area (Å²) in [4.78, 5) is 0. The third-order valence-corrected chi connectivity index (χ3v) is 3.59. The van der Waals surface area contributed by atoms with Crippen molar-refractivity contribution in [3.05, 3.63) is 57.3 Å². The summed E-state index contributed by atoms with van der Waals surface area (Å²) in [5.74, 6) is 0.414. The summed E-state index contributed by atoms with van der Waals surface area (Å²) >= 11 is 9.27. The number of anilines is 1. The van der Waals surface area contributed by atoms with E-state index >= 15 is 0 Å². The number of ether oxygens (including phenoxy) is 1. The van der Waals surface area contributed by atoms with E-state index in [1.165, 1.54) is 12.1 Å². The maximum atomic E-state index is 13.2. The van der Waals surface area contributed by atoms with Crippen LogP contribution in [0.15, 0.2) is 40.9 Å². The Morgan fingerprint density at radius 1 is 1.26 bits per heavy atom. The van der Waals surface area contributed by atoms with Gasteiger partial charge in [-0.05, 0) is 42.0 Å². The SMILES string of the molecule is COc1ccc(Br)c(CNc2cc(F)cc(Cl)c2)c1. The predicted molar refractivity (Wildman–Crippen MR) is 79.4 cm³/mol. The highest BCUT2D eigenvalue weighted by atomic mass is 79.9. The van der Waals surface area contributed by atoms with Crippen LogP contribution in [-0.4, -0.2) is 7.11 Å². The molecule has 2 rings (SSSR count). The Hall–Kier alpha value is -1.26. The predicted octanol–water partition coefficient (Wildman–Crippen LogP) is 4.86. The monoisotopic (exact) mass is 343 g/mol. The lowest BCUT2D eigenvalue weighted by atomic mass is 10.2. The van der Waals surface area contributed by atoms with Gasteiger partial charge in [0.2, 0.25) is 0 Å². The van der Waals surface area contributed by atoms with Gasteiger partial charge >= 0.3 is 0 Å². The van der Waals surface area contributed by atoms with Crippen molar-refractivity contribution >= 4 is 33.2 Å². The van der Waals surface area contributed by atoms with Gasteiger partial charge in [-0.25, -0.2) is 4.39 Å². The van der Waals surface area contributed by atoms with E-state index in [1.54, 1.807) is 13.2 Å². The van der Waals surface area contributed by atoms with E-state index in [4.69, 9.17) is 16.3 Å². The first-order valence-corrected chi connectivity index (χ1v) is 6.78. The molecule has 2 aromatic rings. The van der Waals surface area contributed by atoms with Crippen molar-refractivity contribution < 1.29 is 9.13 Å². The molecule has 2 aromatic carbocycles. The van der Waals surface area contributed by atoms with Crippen LogP contribution in [0.1, 0.15) is 5.56 Å². The van der Waals surface area contributed by atoms with Crippen molar-refractivity contribution in [2.45, 2.75) is 6.54 Å². The van der Waals surface area contributed by atoms with E-state index in [0.717, 1.165) is 15.8 Å². The molecule has 0 spiro atoms. The zero-order valence-corrected chi connectivity index (χ0v) is 12.6. The maximum absolute atomic E-state index is 13.2. The van der Waals surface area contributed by atoms with Crippen molar-refractivity contribution in [1.82, 2.24) is 0 Å². The summed E-state index contributed by atoms with van der Waals surface area (Å²) in [6, 6.07) is 10.0. The maximum Gasteiger partial charge on any atom is 0.126 e. The molecule has 1 N–H and O–H groups in total. The van der Waals surface area contributed by atoms with E-state index in [-0.39, 0.29) is 5.82 Å². The Labute approximate surface area is 124 Å². The van der Waals surface area contributed by atoms with Crippen LogP contribution in [0, 0.1) is 5.82 Å². The minimum absolute atomic E-state index is 0.361. The van der Waals surface area contributed by atoms with Crippen molar-refractivity contribution in [2.75, 3.05) is 12.4 Å². The fraction of sp³-hybridized carbons (Fsp3) is 0.143. The third kappa shape index (κ3) is 3.85. The first-order chi connectivity index (χ1) is 9.08. The van der Waals surface area contributed by atoms with Crippen molar-refractivity contribution in [1.29, 1.82) is 0 Å². The third-order valence-electron chi connectivity index (χ3n) is 2.60. The molecule has 0 aliphatic heterocycles. The fourth-order valence-electron chi connectivity index (χ4n) is 1.67. The van der Waals surface area contributed by atoms with Crippen LogP contribution in [0.4, 0.5) is 10.1 Å². The molecule has 0 bridgehead atoms. The number of benzene rings is 2. The topological polar surface area (TPSA) is 21.3 Å². The minimum atomic E-state index is -0.361. The molecule has 100 valence electrons. The number of methoxy groups -OCH3 is 1. The molecular formula is C14H12BrClFNO. The van der Waals surface area contributed by atoms with Crippen LogP contribution in [-0.2, 0) is 6.54 Å². The molecule has 0 saturated heterocycles. The molecule has 0 fully saturated rings. The molecule has 0 aliphatic carbocycles. The van der Waals surface area contributed by atoms with Gasteiger partial charge < -0.3 is 10.1 Å². The van der Waals surface area contributed by atoms with Crippen LogP contribution in [0.3, 0.4) is 0 Å². The quantitative estimate of drug-likeness (QED) is 0.855. The second-order valence-electron chi connectivity index (χ2n) is 3.97. The van der Waals surface area contributed by atoms with Crippen LogP contribution in [0.5, 0.6) is 5.75 Å². The first-order valence-electron chi connectivity index (χ1n) is 5.61. The van der Waals surface area contributed by atoms with Crippen LogP contribution in [0.2, 0.25) is 5.02 Å². The number of hydrogen-bond acceptors (Lipinski definition) is 2. The Morgan fingerprint density at radius 2 is 2.05 bits per heavy atom. The average Bonchev–Trinajstić information content (AvgIpc) is 2.37. The lowest BCUT2D eigenvalue weighted by molar-refractivity contribution is 0.414. The number of nitrogens with one attached hydrogen (secondary N) is 1. The molecule has 0 aliphatic rings. The summed E-state index contributed by atoms with van der Waals surface area (Å²) < 4.78 is 19.3. The Morgan fingerprint density at radius 3 is 2.74 bits per heavy atom. The van der Waals surface area contributed by atoms with Gasteiger partial charge in [0.1, 0.15) is 11.6 Å². The Kier molecular flexibility index (Phi) is 4.66. The standard InChI is InChI=1S/C14H12BrClFNO/c1-19-13-2-3-14(15)9(4-13)8-18-12-6-10(16)5-11(17)7-12/h2-7,18H,8H2,1H3. The summed E-state index contributed by atoms with van der Waals surface area (Å²) in [7, 11) is 1.62. The molecule has 0 unspecified atom stereocenters. The van der Waals surface area contributed by atoms with E-state index < -0.39 is 0 Å². The fourth-order valence-corrected chi connectivity index (χ4v) is 2.28. The van der Waals surface area contributed by atoms with Gasteiger partial charge in [-0.1, -0.05) is 27.5 Å². The molecule has 0 radical (unpaired) electrons. The number of hydrogen-bond donors (Lipinski definition) is 1. The van der Waals surface area contributed by atoms with Gasteiger partial charge in [0.25, 0.3) is 0 Å². The van der Waals surface area contributed by atoms with E-state index in [2.05, 4.69) is 21.2 Å². The molecule has 0 heterocycles. The van der Waals surface area contributed by atoms with Gasteiger partial charge in [-0.15, -0.1) is 0 Å². The normalized spacial score (nSPS) is 10.3. The van der Waals surface area contributed by atoms with Gasteiger partial charge in [-0.2, -0.15) is 0 Å². The van der Waals surface area contributed by atoms with Crippen molar-refractivity contribution in [3.63, 3.8) is 0 Å². The smallest absolute Gasteiger partial charge is 0.126 e. The summed E-state index contributed by atoms with van der Waals surface area (Å²) in [6.45, 7) is 0.539. The zero-order chi connectivity index (χ0) is 13.8. The van der Waals surface area contributed by atoms with E-state index in [1.807, 2.05) is 18.2 Å². The molecule has 0 aromatic heterocycles. The molecule has 0 saturated carbocycles. The van der Waals surface area contributed by atoms with Crippen LogP contribution >= 0.6 is 27.5 Å². The van der Waals surface area contributed by atoms with Gasteiger partial charge in [0, 0.05) is 21.7 Å². The largest absolute Gasteiger partial charge is 0.497 e. The summed E-state index contributed by atoms with van der Waals surface area (Å²) in [6.07, 6.45) is 0. The highest BCUT2D eigenvalue weighted by molar-refractivity contribution is 9.10. The molecule has 5 heteroatoms. The molecule has 0 atom stereocenters. The Balaban J connectivity index is 2.13. The molecule has 19 heavy (non-hydrogen) atoms. The number of rotatable bonds is 4. The van der Waals surface area contributed by atoms with Crippen LogP contribution in [0.25, 0.3) is 0 Å². The van der Waals surface area contributed by atoms with E-state index in [0.29, 0.717) is 17.3 Å². The molecule has 0 amide bonds. The van der Waals surface area contributed by atoms with Crippen molar-refractivity contribution in [2.24, 2.45) is 0 Å². The zero-order valence-electron chi connectivity index (χ0n) is 10.2. The highest BCUT2D eigenvalue weighted by Gasteiger charge is 2.04. The summed E-state index contributed by atoms with van der Waals surface area (Å²) in [5.41, 5.74) is 1.65. The highest BCUT2D eigenvalue weighted by Crippen LogP contribution is 2.24. The van der Waals surface area contributed by atoms with Crippen LogP contribution < -0.4 is 10.1 Å². The van der Waals surface area contributed by atoms with Gasteiger partial charge in [0.05, 0.1) is 7.11 Å². The van der Waals surface area contributed by atoms with E-state index in [9.17, 15) is 4.39 Å². The lowest BCUT2D eigenvalue weighted by Crippen LogP contribution is -2.01. The molecular weight excluding hydrogens is 333 g/mol. The summed E-state index contributed by atoms with van der Waals surface area (Å²) in [5, 5.41) is 3.49. The molecule has 2 nitrogen and oxygen atoms in total. The minimum Gasteiger partial charge on any atom is -0.497 e. The average molecular weight is 345 g/mol. The Bertz CT molecular complexity index is 571. The first kappa shape index (κ1) is 14.2. The second kappa shape index (κ2) is 6.26. The lowest BCUT2D eigenvalue weighted by Gasteiger charge is -2.10. The van der Waals surface area contributed by atoms with Gasteiger partial charge in [-0.3, -0.25) is 0 Å². The van der Waals surface area contributed by atoms with Gasteiger partial charge in [0.15, 0.2) is 0 Å². The number of halogens is 3. The second-order valence-corrected chi connectivity index (χ2v) is 5.26.